The van der Waals surface area contributed by atoms with E-state index in [9.17, 15) is 4.79 Å². The summed E-state index contributed by atoms with van der Waals surface area (Å²) in [5.74, 6) is -0.384. The SMILES string of the molecule is Cc1cc(N)cc(NC(C)C(N)=O)c1. The molecule has 0 saturated heterocycles. The number of anilines is 2. The van der Waals surface area contributed by atoms with Gasteiger partial charge >= 0.3 is 0 Å². The second kappa shape index (κ2) is 4.00. The molecule has 0 saturated carbocycles. The number of nitrogens with one attached hydrogen (secondary N) is 1. The van der Waals surface area contributed by atoms with Gasteiger partial charge in [-0.25, -0.2) is 0 Å². The maximum absolute atomic E-state index is 10.8. The first kappa shape index (κ1) is 10.4. The zero-order valence-electron chi connectivity index (χ0n) is 8.37. The van der Waals surface area contributed by atoms with Gasteiger partial charge in [0.1, 0.15) is 6.04 Å². The van der Waals surface area contributed by atoms with E-state index in [-0.39, 0.29) is 5.91 Å². The number of rotatable bonds is 3. The Kier molecular flexibility index (Phi) is 2.96. The maximum atomic E-state index is 10.8. The highest BCUT2D eigenvalue weighted by Crippen LogP contribution is 2.16. The van der Waals surface area contributed by atoms with E-state index < -0.39 is 6.04 Å². The van der Waals surface area contributed by atoms with Crippen LogP contribution in [0.25, 0.3) is 0 Å². The van der Waals surface area contributed by atoms with E-state index in [1.54, 1.807) is 13.0 Å². The smallest absolute Gasteiger partial charge is 0.239 e. The molecule has 0 aliphatic rings. The molecule has 0 fully saturated rings. The molecule has 0 aromatic heterocycles. The van der Waals surface area contributed by atoms with Crippen LogP contribution in [0.5, 0.6) is 0 Å². The van der Waals surface area contributed by atoms with Crippen molar-refractivity contribution in [3.8, 4) is 0 Å². The number of benzene rings is 1. The average Bonchev–Trinajstić information content (AvgIpc) is 2.01. The van der Waals surface area contributed by atoms with Gasteiger partial charge in [-0.05, 0) is 37.6 Å². The Morgan fingerprint density at radius 2 is 2.07 bits per heavy atom. The highest BCUT2D eigenvalue weighted by molar-refractivity contribution is 5.82. The topological polar surface area (TPSA) is 81.1 Å². The lowest BCUT2D eigenvalue weighted by Gasteiger charge is -2.12. The molecule has 5 N–H and O–H groups in total. The van der Waals surface area contributed by atoms with Crippen LogP contribution in [-0.2, 0) is 4.79 Å². The van der Waals surface area contributed by atoms with Crippen LogP contribution in [0.2, 0.25) is 0 Å². The number of carbonyl (C=O) groups excluding carboxylic acids is 1. The van der Waals surface area contributed by atoms with Crippen molar-refractivity contribution in [2.24, 2.45) is 5.73 Å². The number of primary amides is 1. The van der Waals surface area contributed by atoms with Crippen molar-refractivity contribution in [2.45, 2.75) is 19.9 Å². The molecule has 1 aromatic rings. The lowest BCUT2D eigenvalue weighted by molar-refractivity contribution is -0.118. The first-order valence-electron chi connectivity index (χ1n) is 4.42. The molecule has 0 radical (unpaired) electrons. The van der Waals surface area contributed by atoms with Crippen molar-refractivity contribution in [1.29, 1.82) is 0 Å². The summed E-state index contributed by atoms with van der Waals surface area (Å²) in [6.45, 7) is 3.65. The number of nitrogen functional groups attached to an aromatic ring is 1. The lowest BCUT2D eigenvalue weighted by Crippen LogP contribution is -2.32. The molecule has 76 valence electrons. The van der Waals surface area contributed by atoms with E-state index in [4.69, 9.17) is 11.5 Å². The van der Waals surface area contributed by atoms with Gasteiger partial charge < -0.3 is 16.8 Å². The fourth-order valence-electron chi connectivity index (χ4n) is 1.22. The molecule has 0 spiro atoms. The van der Waals surface area contributed by atoms with Gasteiger partial charge in [0.25, 0.3) is 0 Å². The first-order chi connectivity index (χ1) is 6.49. The standard InChI is InChI=1S/C10H15N3O/c1-6-3-8(11)5-9(4-6)13-7(2)10(12)14/h3-5,7,13H,11H2,1-2H3,(H2,12,14). The Balaban J connectivity index is 2.81. The third-order valence-corrected chi connectivity index (χ3v) is 1.91. The van der Waals surface area contributed by atoms with Gasteiger partial charge in [-0.3, -0.25) is 4.79 Å². The number of amides is 1. The summed E-state index contributed by atoms with van der Waals surface area (Å²) in [5, 5.41) is 2.97. The zero-order chi connectivity index (χ0) is 10.7. The minimum Gasteiger partial charge on any atom is -0.399 e. The summed E-state index contributed by atoms with van der Waals surface area (Å²) >= 11 is 0. The number of aryl methyl sites for hydroxylation is 1. The van der Waals surface area contributed by atoms with Crippen molar-refractivity contribution in [1.82, 2.24) is 0 Å². The summed E-state index contributed by atoms with van der Waals surface area (Å²) in [5.41, 5.74) is 13.3. The Morgan fingerprint density at radius 1 is 1.43 bits per heavy atom. The molecule has 0 aliphatic heterocycles. The molecule has 1 rings (SSSR count). The van der Waals surface area contributed by atoms with Gasteiger partial charge in [-0.15, -0.1) is 0 Å². The Hall–Kier alpha value is -1.71. The van der Waals surface area contributed by atoms with Gasteiger partial charge in [0.15, 0.2) is 0 Å². The van der Waals surface area contributed by atoms with E-state index in [0.717, 1.165) is 11.3 Å². The highest BCUT2D eigenvalue weighted by atomic mass is 16.1. The number of hydrogen-bond acceptors (Lipinski definition) is 3. The minimum absolute atomic E-state index is 0.384. The zero-order valence-corrected chi connectivity index (χ0v) is 8.37. The summed E-state index contributed by atoms with van der Waals surface area (Å²) < 4.78 is 0. The number of nitrogens with two attached hydrogens (primary N) is 2. The normalized spacial score (nSPS) is 12.1. The van der Waals surface area contributed by atoms with Crippen LogP contribution in [0.4, 0.5) is 11.4 Å². The van der Waals surface area contributed by atoms with Crippen molar-refractivity contribution < 1.29 is 4.79 Å². The molecular formula is C10H15N3O. The predicted molar refractivity (Wildman–Crippen MR) is 57.9 cm³/mol. The van der Waals surface area contributed by atoms with Crippen LogP contribution < -0.4 is 16.8 Å². The molecular weight excluding hydrogens is 178 g/mol. The molecule has 1 atom stereocenters. The second-order valence-corrected chi connectivity index (χ2v) is 3.40. The fourth-order valence-corrected chi connectivity index (χ4v) is 1.22. The minimum atomic E-state index is -0.392. The van der Waals surface area contributed by atoms with E-state index in [1.807, 2.05) is 19.1 Å². The van der Waals surface area contributed by atoms with Crippen LogP contribution in [0.15, 0.2) is 18.2 Å². The fraction of sp³-hybridized carbons (Fsp3) is 0.300. The van der Waals surface area contributed by atoms with E-state index in [2.05, 4.69) is 5.32 Å². The molecule has 0 heterocycles. The third kappa shape index (κ3) is 2.65. The number of hydrogen-bond donors (Lipinski definition) is 3. The van der Waals surface area contributed by atoms with Gasteiger partial charge in [0.2, 0.25) is 5.91 Å². The molecule has 1 amide bonds. The predicted octanol–water partition coefficient (Wildman–Crippen LogP) is 0.863. The van der Waals surface area contributed by atoms with Gasteiger partial charge in [0.05, 0.1) is 0 Å². The van der Waals surface area contributed by atoms with Gasteiger partial charge in [-0.2, -0.15) is 0 Å². The Labute approximate surface area is 83.3 Å². The molecule has 4 nitrogen and oxygen atoms in total. The molecule has 0 aliphatic carbocycles. The van der Waals surface area contributed by atoms with Crippen LogP contribution in [0.1, 0.15) is 12.5 Å². The lowest BCUT2D eigenvalue weighted by atomic mass is 10.2. The average molecular weight is 193 g/mol. The van der Waals surface area contributed by atoms with E-state index in [1.165, 1.54) is 0 Å². The second-order valence-electron chi connectivity index (χ2n) is 3.40. The molecule has 1 aromatic carbocycles. The molecule has 14 heavy (non-hydrogen) atoms. The van der Waals surface area contributed by atoms with Gasteiger partial charge in [-0.1, -0.05) is 0 Å². The first-order valence-corrected chi connectivity index (χ1v) is 4.42. The Morgan fingerprint density at radius 3 is 2.57 bits per heavy atom. The van der Waals surface area contributed by atoms with Crippen LogP contribution >= 0.6 is 0 Å². The third-order valence-electron chi connectivity index (χ3n) is 1.91. The van der Waals surface area contributed by atoms with Crippen LogP contribution in [-0.4, -0.2) is 11.9 Å². The number of carbonyl (C=O) groups is 1. The summed E-state index contributed by atoms with van der Waals surface area (Å²) in [6, 6.07) is 5.15. The summed E-state index contributed by atoms with van der Waals surface area (Å²) in [6.07, 6.45) is 0. The van der Waals surface area contributed by atoms with Crippen molar-refractivity contribution in [3.05, 3.63) is 23.8 Å². The van der Waals surface area contributed by atoms with Crippen molar-refractivity contribution in [3.63, 3.8) is 0 Å². The van der Waals surface area contributed by atoms with E-state index in [0.29, 0.717) is 5.69 Å². The maximum Gasteiger partial charge on any atom is 0.239 e. The quantitative estimate of drug-likeness (QED) is 0.623. The van der Waals surface area contributed by atoms with Crippen molar-refractivity contribution in [2.75, 3.05) is 11.1 Å². The highest BCUT2D eigenvalue weighted by Gasteiger charge is 2.07. The van der Waals surface area contributed by atoms with Crippen LogP contribution in [0.3, 0.4) is 0 Å². The Bertz CT molecular complexity index is 329. The molecule has 4 heteroatoms. The van der Waals surface area contributed by atoms with Gasteiger partial charge in [0, 0.05) is 11.4 Å². The van der Waals surface area contributed by atoms with Crippen LogP contribution in [0, 0.1) is 6.92 Å². The van der Waals surface area contributed by atoms with Crippen molar-refractivity contribution >= 4 is 17.3 Å². The summed E-state index contributed by atoms with van der Waals surface area (Å²) in [7, 11) is 0. The molecule has 0 bridgehead atoms. The van der Waals surface area contributed by atoms with E-state index >= 15 is 0 Å². The summed E-state index contributed by atoms with van der Waals surface area (Å²) in [4.78, 5) is 10.8. The molecule has 1 unspecified atom stereocenters. The monoisotopic (exact) mass is 193 g/mol. The largest absolute Gasteiger partial charge is 0.399 e.